The minimum absolute atomic E-state index is 0.211. The number of hydrogen-bond acceptors (Lipinski definition) is 8. The van der Waals surface area contributed by atoms with Crippen LogP contribution in [0.5, 0.6) is 0 Å². The van der Waals surface area contributed by atoms with Crippen molar-refractivity contribution in [1.82, 2.24) is 19.5 Å². The van der Waals surface area contributed by atoms with E-state index >= 15 is 0 Å². The molecule has 0 radical (unpaired) electrons. The zero-order valence-electron chi connectivity index (χ0n) is 14.1. The second-order valence-electron chi connectivity index (χ2n) is 6.79. The highest BCUT2D eigenvalue weighted by Crippen LogP contribution is 2.32. The van der Waals surface area contributed by atoms with Crippen molar-refractivity contribution in [3.05, 3.63) is 12.7 Å². The van der Waals surface area contributed by atoms with E-state index in [2.05, 4.69) is 26.2 Å². The van der Waals surface area contributed by atoms with E-state index in [-0.39, 0.29) is 12.1 Å². The lowest BCUT2D eigenvalue weighted by Gasteiger charge is -2.26. The summed E-state index contributed by atoms with van der Waals surface area (Å²) >= 11 is 0. The summed E-state index contributed by atoms with van der Waals surface area (Å²) in [5.74, 6) is 2.92. The Balaban J connectivity index is 1.61. The molecule has 26 heavy (non-hydrogen) atoms. The van der Waals surface area contributed by atoms with Gasteiger partial charge in [-0.1, -0.05) is 5.92 Å². The molecule has 0 spiro atoms. The first-order valence-electron chi connectivity index (χ1n) is 8.68. The fourth-order valence-corrected chi connectivity index (χ4v) is 3.58. The summed E-state index contributed by atoms with van der Waals surface area (Å²) in [6.45, 7) is 0. The van der Waals surface area contributed by atoms with Crippen LogP contribution >= 0.6 is 0 Å². The van der Waals surface area contributed by atoms with Crippen molar-refractivity contribution in [2.75, 3.05) is 5.32 Å². The van der Waals surface area contributed by atoms with E-state index < -0.39 is 24.5 Å². The smallest absolute Gasteiger partial charge is 0.167 e. The van der Waals surface area contributed by atoms with Gasteiger partial charge in [0.1, 0.15) is 24.6 Å². The Kier molecular flexibility index (Phi) is 4.50. The van der Waals surface area contributed by atoms with E-state index in [0.29, 0.717) is 17.0 Å². The molecule has 9 nitrogen and oxygen atoms in total. The van der Waals surface area contributed by atoms with E-state index in [1.807, 2.05) is 0 Å². The highest BCUT2D eigenvalue weighted by atomic mass is 16.6. The Morgan fingerprint density at radius 3 is 2.58 bits per heavy atom. The molecule has 1 saturated carbocycles. The van der Waals surface area contributed by atoms with Crippen molar-refractivity contribution in [3.63, 3.8) is 0 Å². The van der Waals surface area contributed by atoms with Crippen molar-refractivity contribution >= 4 is 17.0 Å². The van der Waals surface area contributed by atoms with Crippen LogP contribution in [-0.2, 0) is 4.74 Å². The molecular weight excluding hydrogens is 338 g/mol. The predicted octanol–water partition coefficient (Wildman–Crippen LogP) is -0.206. The third-order valence-corrected chi connectivity index (χ3v) is 5.07. The Morgan fingerprint density at radius 1 is 1.12 bits per heavy atom. The molecule has 0 aromatic carbocycles. The predicted molar refractivity (Wildman–Crippen MR) is 92.0 cm³/mol. The molecule has 2 aliphatic rings. The molecular formula is C17H21N5O4. The third-order valence-electron chi connectivity index (χ3n) is 5.07. The zero-order valence-corrected chi connectivity index (χ0v) is 14.1. The van der Waals surface area contributed by atoms with E-state index in [4.69, 9.17) is 11.2 Å². The molecule has 4 N–H and O–H groups in total. The highest BCUT2D eigenvalue weighted by Gasteiger charge is 2.43. The Bertz CT molecular complexity index is 826. The largest absolute Gasteiger partial charge is 0.393 e. The topological polar surface area (TPSA) is 126 Å². The number of nitrogens with one attached hydrogen (secondary N) is 1. The molecule has 9 heteroatoms. The maximum Gasteiger partial charge on any atom is 0.167 e. The van der Waals surface area contributed by atoms with Crippen molar-refractivity contribution in [1.29, 1.82) is 0 Å². The number of hydrogen-bond donors (Lipinski definition) is 4. The van der Waals surface area contributed by atoms with Gasteiger partial charge < -0.3 is 25.4 Å². The van der Waals surface area contributed by atoms with Crippen molar-refractivity contribution in [3.8, 4) is 12.3 Å². The standard InChI is InChI=1S/C17H21N5O4/c1-2-11-13(24)14(25)17(26-11)22-8-20-12-15(18-7-19-16(12)22)21-9-3-5-10(23)6-4-9/h1,7-11,13-14,17,23-25H,3-6H2,(H,18,19,21)/t9-,10-,11-,13-,14-,17-/m1/s1. The van der Waals surface area contributed by atoms with Gasteiger partial charge in [0.25, 0.3) is 0 Å². The van der Waals surface area contributed by atoms with Crippen LogP contribution in [0, 0.1) is 12.3 Å². The average molecular weight is 359 g/mol. The molecule has 1 aliphatic heterocycles. The van der Waals surface area contributed by atoms with Crippen LogP contribution in [0.3, 0.4) is 0 Å². The maximum atomic E-state index is 10.2. The van der Waals surface area contributed by atoms with Crippen molar-refractivity contribution in [2.24, 2.45) is 0 Å². The van der Waals surface area contributed by atoms with Crippen molar-refractivity contribution < 1.29 is 20.1 Å². The quantitative estimate of drug-likeness (QED) is 0.555. The van der Waals surface area contributed by atoms with Crippen LogP contribution in [0.1, 0.15) is 31.9 Å². The van der Waals surface area contributed by atoms with E-state index in [1.54, 1.807) is 4.57 Å². The maximum absolute atomic E-state index is 10.2. The monoisotopic (exact) mass is 359 g/mol. The van der Waals surface area contributed by atoms with Gasteiger partial charge in [0.2, 0.25) is 0 Å². The SMILES string of the molecule is C#C[C@H]1O[C@@H](n2cnc3c(N[C@H]4CC[C@H](O)CC4)ncnc32)[C@H](O)[C@@H]1O. The molecule has 0 bridgehead atoms. The molecule has 4 rings (SSSR count). The normalized spacial score (nSPS) is 34.7. The number of aliphatic hydroxyl groups is 3. The Hall–Kier alpha value is -2.25. The number of terminal acetylenes is 1. The summed E-state index contributed by atoms with van der Waals surface area (Å²) in [6, 6.07) is 0.211. The summed E-state index contributed by atoms with van der Waals surface area (Å²) in [5.41, 5.74) is 1.03. The number of rotatable bonds is 3. The second kappa shape index (κ2) is 6.81. The second-order valence-corrected chi connectivity index (χ2v) is 6.79. The minimum atomic E-state index is -1.18. The first-order valence-corrected chi connectivity index (χ1v) is 8.68. The molecule has 4 atom stereocenters. The number of fused-ring (bicyclic) bond motifs is 1. The Labute approximate surface area is 150 Å². The van der Waals surface area contributed by atoms with Gasteiger partial charge in [-0.2, -0.15) is 0 Å². The molecule has 2 aromatic rings. The van der Waals surface area contributed by atoms with Gasteiger partial charge in [0.05, 0.1) is 12.4 Å². The van der Waals surface area contributed by atoms with Gasteiger partial charge in [-0.25, -0.2) is 15.0 Å². The number of imidazole rings is 1. The van der Waals surface area contributed by atoms with E-state index in [0.717, 1.165) is 25.7 Å². The Morgan fingerprint density at radius 2 is 1.88 bits per heavy atom. The van der Waals surface area contributed by atoms with Gasteiger partial charge in [-0.15, -0.1) is 6.42 Å². The minimum Gasteiger partial charge on any atom is -0.393 e. The van der Waals surface area contributed by atoms with Gasteiger partial charge in [0, 0.05) is 6.04 Å². The summed E-state index contributed by atoms with van der Waals surface area (Å²) in [4.78, 5) is 12.9. The summed E-state index contributed by atoms with van der Waals surface area (Å²) in [7, 11) is 0. The molecule has 1 aliphatic carbocycles. The molecule has 2 fully saturated rings. The van der Waals surface area contributed by atoms with Gasteiger partial charge in [-0.05, 0) is 25.7 Å². The van der Waals surface area contributed by atoms with Crippen LogP contribution in [0.25, 0.3) is 11.2 Å². The van der Waals surface area contributed by atoms with E-state index in [9.17, 15) is 15.3 Å². The molecule has 1 saturated heterocycles. The number of ether oxygens (including phenoxy) is 1. The molecule has 3 heterocycles. The molecule has 0 amide bonds. The first-order chi connectivity index (χ1) is 12.6. The molecule has 0 unspecified atom stereocenters. The number of anilines is 1. The summed E-state index contributed by atoms with van der Waals surface area (Å²) in [5, 5.41) is 33.2. The summed E-state index contributed by atoms with van der Waals surface area (Å²) < 4.78 is 7.12. The van der Waals surface area contributed by atoms with Crippen LogP contribution in [0.15, 0.2) is 12.7 Å². The van der Waals surface area contributed by atoms with Crippen LogP contribution in [0.4, 0.5) is 5.82 Å². The average Bonchev–Trinajstić information content (AvgIpc) is 3.19. The van der Waals surface area contributed by atoms with Crippen LogP contribution in [0.2, 0.25) is 0 Å². The van der Waals surface area contributed by atoms with Gasteiger partial charge in [-0.3, -0.25) is 4.57 Å². The van der Waals surface area contributed by atoms with Crippen LogP contribution in [-0.4, -0.2) is 65.3 Å². The third kappa shape index (κ3) is 2.91. The fraction of sp³-hybridized carbons (Fsp3) is 0.588. The lowest BCUT2D eigenvalue weighted by Crippen LogP contribution is -2.30. The molecule has 2 aromatic heterocycles. The van der Waals surface area contributed by atoms with Crippen LogP contribution < -0.4 is 5.32 Å². The molecule has 138 valence electrons. The lowest BCUT2D eigenvalue weighted by molar-refractivity contribution is -0.0230. The number of aromatic nitrogens is 4. The lowest BCUT2D eigenvalue weighted by atomic mass is 9.93. The summed E-state index contributed by atoms with van der Waals surface area (Å²) in [6.07, 6.45) is 7.12. The van der Waals surface area contributed by atoms with Crippen molar-refractivity contribution in [2.45, 2.75) is 62.4 Å². The van der Waals surface area contributed by atoms with Gasteiger partial charge in [0.15, 0.2) is 23.2 Å². The number of aliphatic hydroxyl groups excluding tert-OH is 3. The zero-order chi connectivity index (χ0) is 18.3. The van der Waals surface area contributed by atoms with E-state index in [1.165, 1.54) is 12.7 Å². The number of nitrogens with zero attached hydrogens (tertiary/aromatic N) is 4. The first kappa shape index (κ1) is 17.2. The highest BCUT2D eigenvalue weighted by molar-refractivity contribution is 5.82. The van der Waals surface area contributed by atoms with Gasteiger partial charge >= 0.3 is 0 Å². The fourth-order valence-electron chi connectivity index (χ4n) is 3.58.